The Morgan fingerprint density at radius 3 is 2.88 bits per heavy atom. The second kappa shape index (κ2) is 6.43. The van der Waals surface area contributed by atoms with E-state index >= 15 is 0 Å². The molecule has 4 heterocycles. The van der Waals surface area contributed by atoms with Crippen molar-refractivity contribution in [2.45, 2.75) is 12.5 Å². The number of H-pyrrole nitrogens is 1. The molecular formula is C17H16N6O3. The first-order chi connectivity index (χ1) is 12.6. The summed E-state index contributed by atoms with van der Waals surface area (Å²) in [5, 5.41) is 20.1. The molecule has 9 heteroatoms. The SMILES string of the molecule is O=C(N[C@H]1CCN(C(=O)c2ncccc2O)C1)c1[nH]nc2ncccc12. The standard InChI is InChI=1S/C17H16N6O3/c24-12-4-2-6-18-14(12)17(26)23-8-5-10(9-23)20-16(25)13-11-3-1-7-19-15(11)22-21-13/h1-4,6-7,10,24H,5,8-9H2,(H,20,25)(H,19,21,22)/t10-/m0/s1. The maximum atomic E-state index is 12.5. The van der Waals surface area contributed by atoms with Crippen LogP contribution in [-0.4, -0.2) is 61.1 Å². The van der Waals surface area contributed by atoms with E-state index in [-0.39, 0.29) is 29.3 Å². The van der Waals surface area contributed by atoms with E-state index in [1.807, 2.05) is 0 Å². The van der Waals surface area contributed by atoms with Gasteiger partial charge in [-0.05, 0) is 30.7 Å². The molecule has 1 saturated heterocycles. The molecule has 0 spiro atoms. The van der Waals surface area contributed by atoms with Gasteiger partial charge < -0.3 is 15.3 Å². The maximum Gasteiger partial charge on any atom is 0.276 e. The van der Waals surface area contributed by atoms with E-state index in [2.05, 4.69) is 25.5 Å². The fourth-order valence-corrected chi connectivity index (χ4v) is 3.05. The van der Waals surface area contributed by atoms with Crippen molar-refractivity contribution in [3.63, 3.8) is 0 Å². The smallest absolute Gasteiger partial charge is 0.276 e. The van der Waals surface area contributed by atoms with E-state index in [0.717, 1.165) is 0 Å². The summed E-state index contributed by atoms with van der Waals surface area (Å²) < 4.78 is 0. The fraction of sp³-hybridized carbons (Fsp3) is 0.235. The van der Waals surface area contributed by atoms with Gasteiger partial charge in [0.2, 0.25) is 0 Å². The predicted molar refractivity (Wildman–Crippen MR) is 91.6 cm³/mol. The van der Waals surface area contributed by atoms with Gasteiger partial charge in [-0.15, -0.1) is 0 Å². The van der Waals surface area contributed by atoms with Crippen LogP contribution in [0.2, 0.25) is 0 Å². The van der Waals surface area contributed by atoms with Crippen molar-refractivity contribution in [2.24, 2.45) is 0 Å². The monoisotopic (exact) mass is 352 g/mol. The second-order valence-corrected chi connectivity index (χ2v) is 6.05. The van der Waals surface area contributed by atoms with Crippen LogP contribution >= 0.6 is 0 Å². The Bertz CT molecular complexity index is 985. The third-order valence-corrected chi connectivity index (χ3v) is 4.36. The molecular weight excluding hydrogens is 336 g/mol. The van der Waals surface area contributed by atoms with Gasteiger partial charge in [-0.2, -0.15) is 5.10 Å². The van der Waals surface area contributed by atoms with Gasteiger partial charge in [0.15, 0.2) is 11.3 Å². The highest BCUT2D eigenvalue weighted by molar-refractivity contribution is 6.04. The van der Waals surface area contributed by atoms with Crippen molar-refractivity contribution in [2.75, 3.05) is 13.1 Å². The number of aromatic amines is 1. The van der Waals surface area contributed by atoms with Crippen LogP contribution in [0, 0.1) is 0 Å². The lowest BCUT2D eigenvalue weighted by atomic mass is 10.2. The lowest BCUT2D eigenvalue weighted by Crippen LogP contribution is -2.38. The van der Waals surface area contributed by atoms with Gasteiger partial charge in [0.05, 0.1) is 5.39 Å². The average molecular weight is 352 g/mol. The third kappa shape index (κ3) is 2.83. The van der Waals surface area contributed by atoms with Gasteiger partial charge in [0.1, 0.15) is 11.4 Å². The van der Waals surface area contributed by atoms with E-state index in [0.29, 0.717) is 36.2 Å². The molecule has 0 saturated carbocycles. The number of aromatic hydroxyl groups is 1. The zero-order valence-corrected chi connectivity index (χ0v) is 13.7. The van der Waals surface area contributed by atoms with Gasteiger partial charge in [0.25, 0.3) is 11.8 Å². The Morgan fingerprint density at radius 2 is 2.04 bits per heavy atom. The number of fused-ring (bicyclic) bond motifs is 1. The summed E-state index contributed by atoms with van der Waals surface area (Å²) in [6, 6.07) is 6.31. The van der Waals surface area contributed by atoms with Crippen LogP contribution in [0.5, 0.6) is 5.75 Å². The molecule has 4 rings (SSSR count). The summed E-state index contributed by atoms with van der Waals surface area (Å²) >= 11 is 0. The molecule has 1 atom stereocenters. The van der Waals surface area contributed by atoms with Gasteiger partial charge >= 0.3 is 0 Å². The Hall–Kier alpha value is -3.49. The van der Waals surface area contributed by atoms with Crippen LogP contribution in [0.15, 0.2) is 36.7 Å². The Labute approximate surface area is 148 Å². The molecule has 3 N–H and O–H groups in total. The third-order valence-electron chi connectivity index (χ3n) is 4.36. The molecule has 132 valence electrons. The number of likely N-dealkylation sites (tertiary alicyclic amines) is 1. The second-order valence-electron chi connectivity index (χ2n) is 6.05. The van der Waals surface area contributed by atoms with Crippen molar-refractivity contribution < 1.29 is 14.7 Å². The zero-order chi connectivity index (χ0) is 18.1. The first-order valence-electron chi connectivity index (χ1n) is 8.16. The molecule has 0 unspecified atom stereocenters. The van der Waals surface area contributed by atoms with Gasteiger partial charge in [-0.1, -0.05) is 0 Å². The van der Waals surface area contributed by atoms with Crippen LogP contribution in [0.3, 0.4) is 0 Å². The number of nitrogens with zero attached hydrogens (tertiary/aromatic N) is 4. The summed E-state index contributed by atoms with van der Waals surface area (Å²) in [5.41, 5.74) is 0.844. The number of rotatable bonds is 3. The molecule has 0 aliphatic carbocycles. The molecule has 0 radical (unpaired) electrons. The van der Waals surface area contributed by atoms with Gasteiger partial charge in [-0.3, -0.25) is 14.7 Å². The topological polar surface area (TPSA) is 124 Å². The summed E-state index contributed by atoms with van der Waals surface area (Å²) in [7, 11) is 0. The van der Waals surface area contributed by atoms with E-state index in [1.54, 1.807) is 29.3 Å². The van der Waals surface area contributed by atoms with Gasteiger partial charge in [0, 0.05) is 31.5 Å². The fourth-order valence-electron chi connectivity index (χ4n) is 3.05. The molecule has 3 aromatic heterocycles. The van der Waals surface area contributed by atoms with Crippen LogP contribution in [-0.2, 0) is 0 Å². The molecule has 9 nitrogen and oxygen atoms in total. The number of nitrogens with one attached hydrogen (secondary N) is 2. The minimum atomic E-state index is -0.351. The number of aromatic nitrogens is 4. The molecule has 1 aliphatic heterocycles. The number of hydrogen-bond acceptors (Lipinski definition) is 6. The number of carbonyl (C=O) groups is 2. The lowest BCUT2D eigenvalue weighted by Gasteiger charge is -2.17. The minimum absolute atomic E-state index is 0.0186. The normalized spacial score (nSPS) is 16.8. The zero-order valence-electron chi connectivity index (χ0n) is 13.7. The predicted octanol–water partition coefficient (Wildman–Crippen LogP) is 0.703. The number of carbonyl (C=O) groups excluding carboxylic acids is 2. The first-order valence-corrected chi connectivity index (χ1v) is 8.16. The summed E-state index contributed by atoms with van der Waals surface area (Å²) in [5.74, 6) is -0.794. The molecule has 0 bridgehead atoms. The molecule has 3 aromatic rings. The summed E-state index contributed by atoms with van der Waals surface area (Å²) in [4.78, 5) is 34.6. The Balaban J connectivity index is 1.44. The van der Waals surface area contributed by atoms with E-state index in [9.17, 15) is 14.7 Å². The molecule has 26 heavy (non-hydrogen) atoms. The summed E-state index contributed by atoms with van der Waals surface area (Å²) in [6.45, 7) is 0.829. The van der Waals surface area contributed by atoms with Crippen molar-refractivity contribution in [1.29, 1.82) is 0 Å². The molecule has 1 fully saturated rings. The quantitative estimate of drug-likeness (QED) is 0.637. The number of amides is 2. The van der Waals surface area contributed by atoms with Crippen molar-refractivity contribution in [3.05, 3.63) is 48.0 Å². The number of pyridine rings is 2. The maximum absolute atomic E-state index is 12.5. The lowest BCUT2D eigenvalue weighted by molar-refractivity contribution is 0.0774. The molecule has 2 amide bonds. The minimum Gasteiger partial charge on any atom is -0.505 e. The van der Waals surface area contributed by atoms with E-state index in [1.165, 1.54) is 12.3 Å². The summed E-state index contributed by atoms with van der Waals surface area (Å²) in [6.07, 6.45) is 3.69. The highest BCUT2D eigenvalue weighted by Gasteiger charge is 2.30. The molecule has 1 aliphatic rings. The van der Waals surface area contributed by atoms with E-state index in [4.69, 9.17) is 0 Å². The Kier molecular flexibility index (Phi) is 3.96. The van der Waals surface area contributed by atoms with Crippen molar-refractivity contribution in [1.82, 2.24) is 30.4 Å². The largest absolute Gasteiger partial charge is 0.505 e. The van der Waals surface area contributed by atoms with Crippen molar-refractivity contribution in [3.8, 4) is 5.75 Å². The first kappa shape index (κ1) is 16.0. The van der Waals surface area contributed by atoms with Crippen LogP contribution in [0.1, 0.15) is 27.4 Å². The number of hydrogen-bond donors (Lipinski definition) is 3. The average Bonchev–Trinajstić information content (AvgIpc) is 3.28. The van der Waals surface area contributed by atoms with Gasteiger partial charge in [-0.25, -0.2) is 9.97 Å². The Morgan fingerprint density at radius 1 is 1.23 bits per heavy atom. The van der Waals surface area contributed by atoms with Crippen LogP contribution in [0.4, 0.5) is 0 Å². The van der Waals surface area contributed by atoms with Crippen LogP contribution < -0.4 is 5.32 Å². The molecule has 0 aromatic carbocycles. The van der Waals surface area contributed by atoms with Crippen molar-refractivity contribution >= 4 is 22.8 Å². The highest BCUT2D eigenvalue weighted by Crippen LogP contribution is 2.19. The van der Waals surface area contributed by atoms with Crippen LogP contribution in [0.25, 0.3) is 11.0 Å². The van der Waals surface area contributed by atoms with E-state index < -0.39 is 0 Å². The highest BCUT2D eigenvalue weighted by atomic mass is 16.3.